The monoisotopic (exact) mass is 349 g/mol. The first kappa shape index (κ1) is 15.0. The standard InChI is InChI=1S/C14H12BrN3O3/c1-9(11-8-10(15)6-7-14(11)19)16-17-12-4-2-3-5-13(12)18(20)21/h2-8,17,19H,1H3/b16-9+. The Hall–Kier alpha value is -2.41. The van der Waals surface area contributed by atoms with Gasteiger partial charge in [0.25, 0.3) is 5.69 Å². The smallest absolute Gasteiger partial charge is 0.294 e. The summed E-state index contributed by atoms with van der Waals surface area (Å²) in [4.78, 5) is 10.4. The Kier molecular flexibility index (Phi) is 4.54. The summed E-state index contributed by atoms with van der Waals surface area (Å²) in [5.41, 5.74) is 3.93. The lowest BCUT2D eigenvalue weighted by molar-refractivity contribution is -0.384. The molecule has 0 fully saturated rings. The van der Waals surface area contributed by atoms with Crippen LogP contribution in [0.2, 0.25) is 0 Å². The highest BCUT2D eigenvalue weighted by molar-refractivity contribution is 9.10. The second-order valence-electron chi connectivity index (χ2n) is 4.24. The number of phenolic OH excluding ortho intramolecular Hbond substituents is 1. The van der Waals surface area contributed by atoms with Gasteiger partial charge in [-0.15, -0.1) is 0 Å². The van der Waals surface area contributed by atoms with Crippen molar-refractivity contribution in [2.75, 3.05) is 5.43 Å². The number of phenols is 1. The van der Waals surface area contributed by atoms with E-state index in [4.69, 9.17) is 0 Å². The molecule has 6 nitrogen and oxygen atoms in total. The molecule has 0 aliphatic rings. The van der Waals surface area contributed by atoms with E-state index in [2.05, 4.69) is 26.5 Å². The zero-order valence-electron chi connectivity index (χ0n) is 11.1. The highest BCUT2D eigenvalue weighted by Crippen LogP contribution is 2.25. The van der Waals surface area contributed by atoms with Gasteiger partial charge in [0.1, 0.15) is 11.4 Å². The number of nitro groups is 1. The van der Waals surface area contributed by atoms with Crippen molar-refractivity contribution in [2.24, 2.45) is 5.10 Å². The van der Waals surface area contributed by atoms with Crippen LogP contribution < -0.4 is 5.43 Å². The van der Waals surface area contributed by atoms with Crippen molar-refractivity contribution in [3.8, 4) is 5.75 Å². The molecule has 0 amide bonds. The molecule has 0 aromatic heterocycles. The fourth-order valence-corrected chi connectivity index (χ4v) is 2.09. The van der Waals surface area contributed by atoms with Crippen LogP contribution in [0.25, 0.3) is 0 Å². The van der Waals surface area contributed by atoms with Crippen LogP contribution in [0.5, 0.6) is 5.75 Å². The number of hydrogen-bond donors (Lipinski definition) is 2. The number of benzene rings is 2. The SMILES string of the molecule is C/C(=N\Nc1ccccc1[N+](=O)[O-])c1cc(Br)ccc1O. The first-order valence-corrected chi connectivity index (χ1v) is 6.81. The summed E-state index contributed by atoms with van der Waals surface area (Å²) in [5, 5.41) is 24.8. The summed E-state index contributed by atoms with van der Waals surface area (Å²) in [6.07, 6.45) is 0. The van der Waals surface area contributed by atoms with E-state index in [0.717, 1.165) is 4.47 Å². The number of hydrazone groups is 1. The zero-order chi connectivity index (χ0) is 15.4. The number of rotatable bonds is 4. The maximum Gasteiger partial charge on any atom is 0.294 e. The molecule has 21 heavy (non-hydrogen) atoms. The molecule has 2 N–H and O–H groups in total. The number of aromatic hydroxyl groups is 1. The van der Waals surface area contributed by atoms with Crippen molar-refractivity contribution >= 4 is 33.0 Å². The number of halogens is 1. The van der Waals surface area contributed by atoms with E-state index in [1.165, 1.54) is 6.07 Å². The van der Waals surface area contributed by atoms with Gasteiger partial charge < -0.3 is 5.11 Å². The van der Waals surface area contributed by atoms with Crippen LogP contribution in [0.4, 0.5) is 11.4 Å². The Morgan fingerprint density at radius 1 is 1.33 bits per heavy atom. The van der Waals surface area contributed by atoms with Crippen molar-refractivity contribution in [2.45, 2.75) is 6.92 Å². The largest absolute Gasteiger partial charge is 0.507 e. The highest BCUT2D eigenvalue weighted by Gasteiger charge is 2.12. The minimum absolute atomic E-state index is 0.0625. The van der Waals surface area contributed by atoms with E-state index >= 15 is 0 Å². The predicted octanol–water partition coefficient (Wildman–Crippen LogP) is 3.90. The van der Waals surface area contributed by atoms with Gasteiger partial charge in [0.15, 0.2) is 0 Å². The molecular formula is C14H12BrN3O3. The topological polar surface area (TPSA) is 87.8 Å². The molecule has 0 spiro atoms. The Bertz CT molecular complexity index is 716. The number of hydrogen-bond acceptors (Lipinski definition) is 5. The van der Waals surface area contributed by atoms with Crippen molar-refractivity contribution in [1.29, 1.82) is 0 Å². The molecule has 7 heteroatoms. The molecule has 2 aromatic carbocycles. The van der Waals surface area contributed by atoms with Crippen LogP contribution in [-0.4, -0.2) is 15.7 Å². The minimum atomic E-state index is -0.482. The summed E-state index contributed by atoms with van der Waals surface area (Å²) in [6.45, 7) is 1.70. The van der Waals surface area contributed by atoms with Gasteiger partial charge in [0.05, 0.1) is 10.6 Å². The van der Waals surface area contributed by atoms with Gasteiger partial charge in [0.2, 0.25) is 0 Å². The second-order valence-corrected chi connectivity index (χ2v) is 5.16. The van der Waals surface area contributed by atoms with Crippen molar-refractivity contribution in [3.05, 3.63) is 62.6 Å². The third kappa shape index (κ3) is 3.57. The van der Waals surface area contributed by atoms with Crippen molar-refractivity contribution < 1.29 is 10.0 Å². The zero-order valence-corrected chi connectivity index (χ0v) is 12.7. The lowest BCUT2D eigenvalue weighted by Gasteiger charge is -2.06. The van der Waals surface area contributed by atoms with E-state index in [0.29, 0.717) is 11.3 Å². The molecule has 0 aliphatic carbocycles. The van der Waals surface area contributed by atoms with Gasteiger partial charge in [-0.05, 0) is 31.2 Å². The fraction of sp³-hybridized carbons (Fsp3) is 0.0714. The number of para-hydroxylation sites is 2. The average molecular weight is 350 g/mol. The van der Waals surface area contributed by atoms with Crippen LogP contribution in [0.15, 0.2) is 52.0 Å². The highest BCUT2D eigenvalue weighted by atomic mass is 79.9. The van der Waals surface area contributed by atoms with Gasteiger partial charge in [-0.3, -0.25) is 15.5 Å². The first-order valence-electron chi connectivity index (χ1n) is 6.01. The van der Waals surface area contributed by atoms with E-state index < -0.39 is 4.92 Å². The van der Waals surface area contributed by atoms with Gasteiger partial charge in [0, 0.05) is 16.1 Å². The lowest BCUT2D eigenvalue weighted by atomic mass is 10.1. The Morgan fingerprint density at radius 3 is 2.76 bits per heavy atom. The third-order valence-electron chi connectivity index (χ3n) is 2.79. The van der Waals surface area contributed by atoms with Crippen molar-refractivity contribution in [3.63, 3.8) is 0 Å². The van der Waals surface area contributed by atoms with E-state index in [1.54, 1.807) is 43.3 Å². The molecule has 0 bridgehead atoms. The Balaban J connectivity index is 2.29. The average Bonchev–Trinajstić information content (AvgIpc) is 2.47. The van der Waals surface area contributed by atoms with Gasteiger partial charge in [-0.2, -0.15) is 5.10 Å². The lowest BCUT2D eigenvalue weighted by Crippen LogP contribution is -2.02. The molecule has 0 aliphatic heterocycles. The molecule has 0 heterocycles. The molecule has 108 valence electrons. The quantitative estimate of drug-likeness (QED) is 0.497. The molecule has 2 aromatic rings. The number of nitro benzene ring substituents is 1. The van der Waals surface area contributed by atoms with Crippen LogP contribution in [0, 0.1) is 10.1 Å². The van der Waals surface area contributed by atoms with E-state index in [1.807, 2.05) is 0 Å². The van der Waals surface area contributed by atoms with Crippen LogP contribution in [0.1, 0.15) is 12.5 Å². The summed E-state index contributed by atoms with van der Waals surface area (Å²) in [6, 6.07) is 11.2. The minimum Gasteiger partial charge on any atom is -0.507 e. The number of nitrogens with zero attached hydrogens (tertiary/aromatic N) is 2. The maximum atomic E-state index is 10.9. The fourth-order valence-electron chi connectivity index (χ4n) is 1.73. The van der Waals surface area contributed by atoms with Gasteiger partial charge >= 0.3 is 0 Å². The van der Waals surface area contributed by atoms with Gasteiger partial charge in [-0.1, -0.05) is 28.1 Å². The normalized spacial score (nSPS) is 11.2. The number of nitrogens with one attached hydrogen (secondary N) is 1. The maximum absolute atomic E-state index is 10.9. The molecule has 0 unspecified atom stereocenters. The Morgan fingerprint density at radius 2 is 2.05 bits per heavy atom. The first-order chi connectivity index (χ1) is 9.99. The molecule has 2 rings (SSSR count). The van der Waals surface area contributed by atoms with Crippen molar-refractivity contribution in [1.82, 2.24) is 0 Å². The van der Waals surface area contributed by atoms with Crippen LogP contribution in [-0.2, 0) is 0 Å². The molecule has 0 saturated carbocycles. The molecule has 0 saturated heterocycles. The van der Waals surface area contributed by atoms with Crippen LogP contribution >= 0.6 is 15.9 Å². The van der Waals surface area contributed by atoms with E-state index in [9.17, 15) is 15.2 Å². The Labute approximate surface area is 129 Å². The summed E-state index contributed by atoms with van der Waals surface area (Å²) in [5.74, 6) is 0.0869. The predicted molar refractivity (Wildman–Crippen MR) is 84.7 cm³/mol. The molecule has 0 radical (unpaired) electrons. The summed E-state index contributed by atoms with van der Waals surface area (Å²) in [7, 11) is 0. The third-order valence-corrected chi connectivity index (χ3v) is 3.29. The molecular weight excluding hydrogens is 338 g/mol. The number of anilines is 1. The summed E-state index contributed by atoms with van der Waals surface area (Å²) < 4.78 is 0.801. The van der Waals surface area contributed by atoms with Gasteiger partial charge in [-0.25, -0.2) is 0 Å². The summed E-state index contributed by atoms with van der Waals surface area (Å²) >= 11 is 3.32. The van der Waals surface area contributed by atoms with Crippen LogP contribution in [0.3, 0.4) is 0 Å². The molecule has 0 atom stereocenters. The van der Waals surface area contributed by atoms with E-state index in [-0.39, 0.29) is 17.1 Å². The second kappa shape index (κ2) is 6.36.